The summed E-state index contributed by atoms with van der Waals surface area (Å²) in [6.45, 7) is -0.531. The topological polar surface area (TPSA) is 60.3 Å². The summed E-state index contributed by atoms with van der Waals surface area (Å²) >= 11 is 23.9. The number of para-hydroxylation sites is 1. The van der Waals surface area contributed by atoms with E-state index in [1.54, 1.807) is 17.7 Å². The fourth-order valence-corrected chi connectivity index (χ4v) is 3.45. The van der Waals surface area contributed by atoms with Crippen molar-refractivity contribution in [3.63, 3.8) is 0 Å². The summed E-state index contributed by atoms with van der Waals surface area (Å²) in [6.07, 6.45) is 0. The quantitative estimate of drug-likeness (QED) is 0.420. The minimum absolute atomic E-state index is 0.0411. The van der Waals surface area contributed by atoms with Gasteiger partial charge in [-0.25, -0.2) is 4.79 Å². The predicted molar refractivity (Wildman–Crippen MR) is 108 cm³/mol. The number of benzene rings is 2. The van der Waals surface area contributed by atoms with E-state index in [9.17, 15) is 9.59 Å². The van der Waals surface area contributed by atoms with Crippen molar-refractivity contribution in [1.82, 2.24) is 4.57 Å². The van der Waals surface area contributed by atoms with Gasteiger partial charge in [-0.3, -0.25) is 4.79 Å². The van der Waals surface area contributed by atoms with Crippen LogP contribution in [0.2, 0.25) is 20.1 Å². The average Bonchev–Trinajstić information content (AvgIpc) is 2.99. The maximum absolute atomic E-state index is 12.3. The molecule has 0 aliphatic heterocycles. The van der Waals surface area contributed by atoms with Crippen LogP contribution < -0.4 is 5.32 Å². The van der Waals surface area contributed by atoms with Crippen molar-refractivity contribution >= 4 is 74.9 Å². The fraction of sp³-hybridized carbons (Fsp3) is 0.111. The summed E-state index contributed by atoms with van der Waals surface area (Å²) in [7, 11) is 1.74. The number of carbonyl (C=O) groups excluding carboxylic acids is 2. The molecule has 0 aliphatic carbocycles. The van der Waals surface area contributed by atoms with Gasteiger partial charge in [0.1, 0.15) is 5.69 Å². The number of carbonyl (C=O) groups is 2. The lowest BCUT2D eigenvalue weighted by Crippen LogP contribution is -2.22. The largest absolute Gasteiger partial charge is 0.451 e. The minimum atomic E-state index is -0.635. The number of rotatable bonds is 4. The molecular formula is C18H12Cl4N2O3. The van der Waals surface area contributed by atoms with Crippen LogP contribution in [0.25, 0.3) is 10.9 Å². The lowest BCUT2D eigenvalue weighted by Gasteiger charge is -2.12. The van der Waals surface area contributed by atoms with Crippen molar-refractivity contribution < 1.29 is 14.3 Å². The first-order valence-corrected chi connectivity index (χ1v) is 9.15. The molecule has 27 heavy (non-hydrogen) atoms. The van der Waals surface area contributed by atoms with E-state index in [0.717, 1.165) is 10.9 Å². The molecule has 1 amide bonds. The molecule has 0 saturated carbocycles. The smallest absolute Gasteiger partial charge is 0.355 e. The number of nitrogens with zero attached hydrogens (tertiary/aromatic N) is 1. The number of aryl methyl sites for hydroxylation is 1. The molecule has 3 rings (SSSR count). The van der Waals surface area contributed by atoms with Crippen molar-refractivity contribution in [3.05, 3.63) is 62.2 Å². The van der Waals surface area contributed by atoms with Gasteiger partial charge < -0.3 is 14.6 Å². The molecule has 1 heterocycles. The van der Waals surface area contributed by atoms with Crippen molar-refractivity contribution in [2.24, 2.45) is 7.05 Å². The zero-order valence-electron chi connectivity index (χ0n) is 13.9. The SMILES string of the molecule is Cn1c(C(=O)OCC(=O)Nc2c(Cl)c(Cl)cc(Cl)c2Cl)cc2ccccc21. The van der Waals surface area contributed by atoms with E-state index in [2.05, 4.69) is 5.32 Å². The number of hydrogen-bond acceptors (Lipinski definition) is 3. The number of amides is 1. The fourth-order valence-electron chi connectivity index (χ4n) is 2.55. The Morgan fingerprint density at radius 1 is 1.04 bits per heavy atom. The van der Waals surface area contributed by atoms with Crippen LogP contribution in [0.4, 0.5) is 5.69 Å². The lowest BCUT2D eigenvalue weighted by atomic mass is 10.2. The third-order valence-corrected chi connectivity index (χ3v) is 5.45. The van der Waals surface area contributed by atoms with Crippen molar-refractivity contribution in [2.75, 3.05) is 11.9 Å². The minimum Gasteiger partial charge on any atom is -0.451 e. The second-order valence-electron chi connectivity index (χ2n) is 5.61. The van der Waals surface area contributed by atoms with Gasteiger partial charge in [0.15, 0.2) is 6.61 Å². The summed E-state index contributed by atoms with van der Waals surface area (Å²) in [5.74, 6) is -1.27. The van der Waals surface area contributed by atoms with Gasteiger partial charge in [-0.15, -0.1) is 0 Å². The molecule has 0 radical (unpaired) electrons. The summed E-state index contributed by atoms with van der Waals surface area (Å²) in [5.41, 5.74) is 1.26. The number of hydrogen-bond donors (Lipinski definition) is 1. The molecule has 0 aliphatic rings. The number of esters is 1. The van der Waals surface area contributed by atoms with Crippen molar-refractivity contribution in [3.8, 4) is 0 Å². The second kappa shape index (κ2) is 7.98. The Kier molecular flexibility index (Phi) is 5.86. The van der Waals surface area contributed by atoms with E-state index < -0.39 is 18.5 Å². The highest BCUT2D eigenvalue weighted by Crippen LogP contribution is 2.40. The first-order valence-electron chi connectivity index (χ1n) is 7.64. The van der Waals surface area contributed by atoms with Crippen LogP contribution in [0.15, 0.2) is 36.4 Å². The van der Waals surface area contributed by atoms with Gasteiger partial charge in [0, 0.05) is 18.0 Å². The maximum Gasteiger partial charge on any atom is 0.355 e. The van der Waals surface area contributed by atoms with Gasteiger partial charge in [0.2, 0.25) is 0 Å². The van der Waals surface area contributed by atoms with E-state index >= 15 is 0 Å². The van der Waals surface area contributed by atoms with Crippen LogP contribution in [-0.2, 0) is 16.6 Å². The summed E-state index contributed by atoms with van der Waals surface area (Å²) in [5, 5.41) is 3.69. The van der Waals surface area contributed by atoms with Gasteiger partial charge in [-0.2, -0.15) is 0 Å². The highest BCUT2D eigenvalue weighted by Gasteiger charge is 2.19. The zero-order valence-corrected chi connectivity index (χ0v) is 16.9. The number of anilines is 1. The lowest BCUT2D eigenvalue weighted by molar-refractivity contribution is -0.119. The van der Waals surface area contributed by atoms with Gasteiger partial charge in [-0.05, 0) is 18.2 Å². The number of fused-ring (bicyclic) bond motifs is 1. The first-order chi connectivity index (χ1) is 12.8. The number of ether oxygens (including phenoxy) is 1. The molecule has 140 valence electrons. The van der Waals surface area contributed by atoms with Crippen LogP contribution in [0, 0.1) is 0 Å². The molecule has 1 aromatic heterocycles. The number of nitrogens with one attached hydrogen (secondary N) is 1. The number of aromatic nitrogens is 1. The van der Waals surface area contributed by atoms with Gasteiger partial charge in [0.05, 0.1) is 25.8 Å². The Labute approximate surface area is 174 Å². The molecule has 0 spiro atoms. The molecule has 0 bridgehead atoms. The van der Waals surface area contributed by atoms with Crippen LogP contribution in [0.1, 0.15) is 10.5 Å². The Morgan fingerprint density at radius 2 is 1.67 bits per heavy atom. The Bertz CT molecular complexity index is 1040. The van der Waals surface area contributed by atoms with Crippen LogP contribution in [-0.4, -0.2) is 23.1 Å². The van der Waals surface area contributed by atoms with Crippen LogP contribution >= 0.6 is 46.4 Å². The molecule has 3 aromatic rings. The van der Waals surface area contributed by atoms with Crippen LogP contribution in [0.5, 0.6) is 0 Å². The monoisotopic (exact) mass is 444 g/mol. The molecular weight excluding hydrogens is 434 g/mol. The molecule has 9 heteroatoms. The molecule has 2 aromatic carbocycles. The van der Waals surface area contributed by atoms with E-state index in [0.29, 0.717) is 5.69 Å². The maximum atomic E-state index is 12.3. The summed E-state index contributed by atoms with van der Waals surface area (Å²) in [6, 6.07) is 10.6. The highest BCUT2D eigenvalue weighted by atomic mass is 35.5. The van der Waals surface area contributed by atoms with E-state index in [1.807, 2.05) is 24.3 Å². The summed E-state index contributed by atoms with van der Waals surface area (Å²) < 4.78 is 6.78. The standard InChI is InChI=1S/C18H12Cl4N2O3/c1-24-12-5-3-2-4-9(12)6-13(24)18(26)27-8-14(25)23-17-15(21)10(19)7-11(20)16(17)22/h2-7H,8H2,1H3,(H,23,25). The van der Waals surface area contributed by atoms with E-state index in [1.165, 1.54) is 6.07 Å². The van der Waals surface area contributed by atoms with E-state index in [-0.39, 0.29) is 25.8 Å². The highest BCUT2D eigenvalue weighted by molar-refractivity contribution is 6.50. The zero-order chi connectivity index (χ0) is 19.7. The van der Waals surface area contributed by atoms with Crippen molar-refractivity contribution in [1.29, 1.82) is 0 Å². The Morgan fingerprint density at radius 3 is 2.30 bits per heavy atom. The molecule has 0 atom stereocenters. The second-order valence-corrected chi connectivity index (χ2v) is 7.19. The third-order valence-electron chi connectivity index (χ3n) is 3.87. The first kappa shape index (κ1) is 19.8. The predicted octanol–water partition coefficient (Wildman–Crippen LogP) is 5.59. The van der Waals surface area contributed by atoms with Gasteiger partial charge in [-0.1, -0.05) is 64.6 Å². The normalized spacial score (nSPS) is 10.9. The Hall–Kier alpha value is -1.92. The molecule has 1 N–H and O–H groups in total. The molecule has 0 saturated heterocycles. The molecule has 0 unspecified atom stereocenters. The van der Waals surface area contributed by atoms with Crippen LogP contribution in [0.3, 0.4) is 0 Å². The third kappa shape index (κ3) is 4.01. The number of halogens is 4. The molecule has 5 nitrogen and oxygen atoms in total. The molecule has 0 fully saturated rings. The summed E-state index contributed by atoms with van der Waals surface area (Å²) in [4.78, 5) is 24.5. The average molecular weight is 446 g/mol. The van der Waals surface area contributed by atoms with Crippen molar-refractivity contribution in [2.45, 2.75) is 0 Å². The Balaban J connectivity index is 1.71. The van der Waals surface area contributed by atoms with Gasteiger partial charge >= 0.3 is 5.97 Å². The van der Waals surface area contributed by atoms with Gasteiger partial charge in [0.25, 0.3) is 5.91 Å². The van der Waals surface area contributed by atoms with E-state index in [4.69, 9.17) is 51.1 Å².